The van der Waals surface area contributed by atoms with Gasteiger partial charge in [0.2, 0.25) is 5.82 Å². The average molecular weight is 249 g/mol. The second kappa shape index (κ2) is 6.28. The van der Waals surface area contributed by atoms with E-state index in [0.717, 1.165) is 0 Å². The number of aromatic amines is 1. The van der Waals surface area contributed by atoms with Crippen LogP contribution in [0.2, 0.25) is 0 Å². The molecule has 0 spiro atoms. The molecule has 0 aliphatic heterocycles. The van der Waals surface area contributed by atoms with E-state index in [1.807, 2.05) is 0 Å². The summed E-state index contributed by atoms with van der Waals surface area (Å²) in [6, 6.07) is 0. The first-order valence-electron chi connectivity index (χ1n) is 3.78. The minimum Gasteiger partial charge on any atom is -0.324 e. The minimum absolute atomic E-state index is 0. The molecule has 6 nitrogen and oxygen atoms in total. The van der Waals surface area contributed by atoms with Crippen molar-refractivity contribution >= 4 is 24.8 Å². The number of rotatable bonds is 2. The summed E-state index contributed by atoms with van der Waals surface area (Å²) in [5.74, 6) is 1.16. The monoisotopic (exact) mass is 248 g/mol. The maximum absolute atomic E-state index is 5.37. The topological polar surface area (TPSA) is 93.4 Å². The fraction of sp³-hybridized carbons (Fsp3) is 0.143. The molecule has 2 heterocycles. The Bertz CT molecular complexity index is 389. The van der Waals surface area contributed by atoms with Crippen molar-refractivity contribution < 1.29 is 0 Å². The van der Waals surface area contributed by atoms with Crippen molar-refractivity contribution in [2.45, 2.75) is 6.54 Å². The second-order valence-corrected chi connectivity index (χ2v) is 2.40. The van der Waals surface area contributed by atoms with E-state index in [4.69, 9.17) is 5.73 Å². The van der Waals surface area contributed by atoms with Gasteiger partial charge in [0, 0.05) is 12.4 Å². The van der Waals surface area contributed by atoms with Crippen molar-refractivity contribution in [2.75, 3.05) is 0 Å². The van der Waals surface area contributed by atoms with Crippen LogP contribution in [0.4, 0.5) is 0 Å². The van der Waals surface area contributed by atoms with Gasteiger partial charge in [-0.25, -0.2) is 9.97 Å². The Balaban J connectivity index is 0.000000980. The molecule has 82 valence electrons. The summed E-state index contributed by atoms with van der Waals surface area (Å²) in [4.78, 5) is 12.1. The molecule has 0 atom stereocenters. The van der Waals surface area contributed by atoms with Crippen LogP contribution in [0.5, 0.6) is 0 Å². The largest absolute Gasteiger partial charge is 0.324 e. The van der Waals surface area contributed by atoms with Crippen LogP contribution in [0.15, 0.2) is 18.6 Å². The molecular formula is C7H10Cl2N6. The summed E-state index contributed by atoms with van der Waals surface area (Å²) < 4.78 is 0. The predicted molar refractivity (Wildman–Crippen MR) is 59.8 cm³/mol. The molecule has 0 aliphatic rings. The number of halogens is 2. The minimum atomic E-state index is 0. The number of hydrogen-bond donors (Lipinski definition) is 2. The maximum Gasteiger partial charge on any atom is 0.201 e. The summed E-state index contributed by atoms with van der Waals surface area (Å²) in [6.07, 6.45) is 4.79. The smallest absolute Gasteiger partial charge is 0.201 e. The van der Waals surface area contributed by atoms with Crippen LogP contribution in [-0.2, 0) is 6.54 Å². The Morgan fingerprint density at radius 2 is 2.07 bits per heavy atom. The molecule has 0 aliphatic carbocycles. The molecule has 2 aromatic rings. The molecule has 0 saturated carbocycles. The highest BCUT2D eigenvalue weighted by Gasteiger charge is 2.04. The molecule has 0 fully saturated rings. The van der Waals surface area contributed by atoms with Crippen LogP contribution in [0, 0.1) is 0 Å². The molecule has 0 bridgehead atoms. The molecule has 2 rings (SSSR count). The van der Waals surface area contributed by atoms with E-state index in [1.165, 1.54) is 0 Å². The van der Waals surface area contributed by atoms with Gasteiger partial charge in [-0.3, -0.25) is 10.1 Å². The van der Waals surface area contributed by atoms with Crippen molar-refractivity contribution in [3.8, 4) is 11.5 Å². The van der Waals surface area contributed by atoms with E-state index in [0.29, 0.717) is 23.9 Å². The van der Waals surface area contributed by atoms with Gasteiger partial charge in [0.25, 0.3) is 0 Å². The number of hydrogen-bond acceptors (Lipinski definition) is 5. The Morgan fingerprint density at radius 3 is 2.60 bits per heavy atom. The third kappa shape index (κ3) is 3.12. The molecule has 8 heteroatoms. The van der Waals surface area contributed by atoms with Crippen LogP contribution in [0.25, 0.3) is 11.5 Å². The van der Waals surface area contributed by atoms with Gasteiger partial charge >= 0.3 is 0 Å². The number of nitrogens with zero attached hydrogens (tertiary/aromatic N) is 4. The Labute approximate surface area is 98.6 Å². The third-order valence-corrected chi connectivity index (χ3v) is 1.52. The van der Waals surface area contributed by atoms with E-state index in [9.17, 15) is 0 Å². The van der Waals surface area contributed by atoms with Crippen LogP contribution in [0.1, 0.15) is 5.82 Å². The second-order valence-electron chi connectivity index (χ2n) is 2.40. The number of nitrogens with one attached hydrogen (secondary N) is 1. The summed E-state index contributed by atoms with van der Waals surface area (Å²) in [6.45, 7) is 0.341. The van der Waals surface area contributed by atoms with Crippen molar-refractivity contribution in [3.05, 3.63) is 24.4 Å². The molecular weight excluding hydrogens is 239 g/mol. The third-order valence-electron chi connectivity index (χ3n) is 1.52. The van der Waals surface area contributed by atoms with Crippen molar-refractivity contribution in [2.24, 2.45) is 5.73 Å². The number of nitrogens with two attached hydrogens (primary N) is 1. The fourth-order valence-electron chi connectivity index (χ4n) is 0.916. The molecule has 0 aromatic carbocycles. The van der Waals surface area contributed by atoms with Gasteiger partial charge in [-0.2, -0.15) is 5.10 Å². The lowest BCUT2D eigenvalue weighted by Crippen LogP contribution is -1.98. The lowest BCUT2D eigenvalue weighted by atomic mass is 10.4. The summed E-state index contributed by atoms with van der Waals surface area (Å²) in [5.41, 5.74) is 6.01. The Hall–Kier alpha value is -1.24. The van der Waals surface area contributed by atoms with E-state index in [2.05, 4.69) is 25.1 Å². The van der Waals surface area contributed by atoms with Gasteiger partial charge in [0.1, 0.15) is 11.5 Å². The van der Waals surface area contributed by atoms with E-state index in [-0.39, 0.29) is 24.8 Å². The van der Waals surface area contributed by atoms with Crippen LogP contribution >= 0.6 is 24.8 Å². The van der Waals surface area contributed by atoms with Gasteiger partial charge in [0.15, 0.2) is 0 Å². The highest BCUT2D eigenvalue weighted by Crippen LogP contribution is 2.07. The first-order chi connectivity index (χ1) is 6.40. The first-order valence-corrected chi connectivity index (χ1v) is 3.78. The molecule has 3 N–H and O–H groups in total. The van der Waals surface area contributed by atoms with Gasteiger partial charge in [0.05, 0.1) is 12.7 Å². The Kier molecular flexibility index (Phi) is 5.76. The summed E-state index contributed by atoms with van der Waals surface area (Å²) >= 11 is 0. The standard InChI is InChI=1S/C7H8N6.2ClH/c8-3-6-11-7(13-12-6)5-4-9-1-2-10-5;;/h1-2,4H,3,8H2,(H,11,12,13);2*1H. The maximum atomic E-state index is 5.37. The normalized spacial score (nSPS) is 8.87. The quantitative estimate of drug-likeness (QED) is 0.811. The predicted octanol–water partition coefficient (Wildman–Crippen LogP) is 0.564. The first kappa shape index (κ1) is 13.8. The molecule has 0 amide bonds. The molecule has 0 unspecified atom stereocenters. The lowest BCUT2D eigenvalue weighted by molar-refractivity contribution is 0.917. The molecule has 2 aromatic heterocycles. The van der Waals surface area contributed by atoms with E-state index in [1.54, 1.807) is 18.6 Å². The summed E-state index contributed by atoms with van der Waals surface area (Å²) in [5, 5.41) is 6.64. The average Bonchev–Trinajstić information content (AvgIpc) is 2.67. The highest BCUT2D eigenvalue weighted by atomic mass is 35.5. The SMILES string of the molecule is Cl.Cl.NCc1nc(-c2cnccn2)n[nH]1. The number of aromatic nitrogens is 5. The van der Waals surface area contributed by atoms with Crippen molar-refractivity contribution in [1.29, 1.82) is 0 Å². The van der Waals surface area contributed by atoms with Gasteiger partial charge in [-0.15, -0.1) is 24.8 Å². The highest BCUT2D eigenvalue weighted by molar-refractivity contribution is 5.85. The van der Waals surface area contributed by atoms with Crippen molar-refractivity contribution in [3.63, 3.8) is 0 Å². The molecule has 0 saturated heterocycles. The van der Waals surface area contributed by atoms with Crippen molar-refractivity contribution in [1.82, 2.24) is 25.1 Å². The van der Waals surface area contributed by atoms with Gasteiger partial charge < -0.3 is 5.73 Å². The zero-order chi connectivity index (χ0) is 9.10. The zero-order valence-electron chi connectivity index (χ0n) is 7.62. The Morgan fingerprint density at radius 1 is 1.27 bits per heavy atom. The lowest BCUT2D eigenvalue weighted by Gasteiger charge is -1.89. The zero-order valence-corrected chi connectivity index (χ0v) is 9.25. The van der Waals surface area contributed by atoms with Crippen LogP contribution < -0.4 is 5.73 Å². The summed E-state index contributed by atoms with van der Waals surface area (Å²) in [7, 11) is 0. The van der Waals surface area contributed by atoms with Gasteiger partial charge in [-0.05, 0) is 0 Å². The molecule has 15 heavy (non-hydrogen) atoms. The van der Waals surface area contributed by atoms with Crippen LogP contribution in [0.3, 0.4) is 0 Å². The van der Waals surface area contributed by atoms with E-state index < -0.39 is 0 Å². The molecule has 0 radical (unpaired) electrons. The number of H-pyrrole nitrogens is 1. The van der Waals surface area contributed by atoms with E-state index >= 15 is 0 Å². The van der Waals surface area contributed by atoms with Gasteiger partial charge in [-0.1, -0.05) is 0 Å². The van der Waals surface area contributed by atoms with Crippen LogP contribution in [-0.4, -0.2) is 25.1 Å². The fourth-order valence-corrected chi connectivity index (χ4v) is 0.916.